The van der Waals surface area contributed by atoms with Crippen molar-refractivity contribution in [3.05, 3.63) is 59.7 Å². The quantitative estimate of drug-likeness (QED) is 0.536. The van der Waals surface area contributed by atoms with Crippen molar-refractivity contribution in [1.29, 1.82) is 0 Å². The van der Waals surface area contributed by atoms with Crippen molar-refractivity contribution in [1.82, 2.24) is 10.2 Å². The molecule has 2 aromatic carbocycles. The SMILES string of the molecule is CCOCC1CCCN1C(=O)C(CCC(=O)O)NC(=O)OCC1c2ccccc2-c2ccccc21. The van der Waals surface area contributed by atoms with Crippen molar-refractivity contribution >= 4 is 18.0 Å². The first-order valence-corrected chi connectivity index (χ1v) is 12.2. The van der Waals surface area contributed by atoms with E-state index in [9.17, 15) is 14.4 Å². The molecule has 0 saturated carbocycles. The summed E-state index contributed by atoms with van der Waals surface area (Å²) in [5.74, 6) is -1.41. The molecule has 0 spiro atoms. The van der Waals surface area contributed by atoms with E-state index >= 15 is 0 Å². The lowest BCUT2D eigenvalue weighted by Crippen LogP contribution is -2.51. The number of alkyl carbamates (subject to hydrolysis) is 1. The van der Waals surface area contributed by atoms with Gasteiger partial charge in [-0.25, -0.2) is 4.79 Å². The Morgan fingerprint density at radius 1 is 1.06 bits per heavy atom. The lowest BCUT2D eigenvalue weighted by molar-refractivity contribution is -0.138. The summed E-state index contributed by atoms with van der Waals surface area (Å²) in [5.41, 5.74) is 4.44. The van der Waals surface area contributed by atoms with Crippen LogP contribution in [-0.4, -0.2) is 66.4 Å². The van der Waals surface area contributed by atoms with E-state index in [4.69, 9.17) is 14.6 Å². The first-order valence-electron chi connectivity index (χ1n) is 12.2. The summed E-state index contributed by atoms with van der Waals surface area (Å²) in [5, 5.41) is 11.8. The molecule has 1 aliphatic heterocycles. The van der Waals surface area contributed by atoms with Gasteiger partial charge in [-0.1, -0.05) is 48.5 Å². The van der Waals surface area contributed by atoms with Crippen LogP contribution in [0.4, 0.5) is 4.79 Å². The summed E-state index contributed by atoms with van der Waals surface area (Å²) in [4.78, 5) is 38.9. The van der Waals surface area contributed by atoms with Gasteiger partial charge in [0.15, 0.2) is 0 Å². The molecule has 0 aromatic heterocycles. The molecule has 2 atom stereocenters. The number of carbonyl (C=O) groups is 3. The van der Waals surface area contributed by atoms with Gasteiger partial charge in [-0.15, -0.1) is 0 Å². The second-order valence-electron chi connectivity index (χ2n) is 8.94. The van der Waals surface area contributed by atoms with Crippen molar-refractivity contribution < 1.29 is 29.0 Å². The number of hydrogen-bond acceptors (Lipinski definition) is 5. The summed E-state index contributed by atoms with van der Waals surface area (Å²) in [6.07, 6.45) is 0.707. The van der Waals surface area contributed by atoms with Crippen LogP contribution in [0.2, 0.25) is 0 Å². The lowest BCUT2D eigenvalue weighted by Gasteiger charge is -2.29. The molecule has 2 N–H and O–H groups in total. The average Bonchev–Trinajstić information content (AvgIpc) is 3.46. The topological polar surface area (TPSA) is 105 Å². The Balaban J connectivity index is 1.42. The normalized spacial score (nSPS) is 17.5. The van der Waals surface area contributed by atoms with E-state index in [-0.39, 0.29) is 37.3 Å². The molecular formula is C27H32N2O6. The van der Waals surface area contributed by atoms with Crippen molar-refractivity contribution in [3.63, 3.8) is 0 Å². The molecule has 2 amide bonds. The molecule has 1 fully saturated rings. The number of carboxylic acids is 1. The number of hydrogen-bond donors (Lipinski definition) is 2. The van der Waals surface area contributed by atoms with Crippen LogP contribution in [0.3, 0.4) is 0 Å². The molecular weight excluding hydrogens is 448 g/mol. The highest BCUT2D eigenvalue weighted by molar-refractivity contribution is 5.87. The Bertz CT molecular complexity index is 1030. The monoisotopic (exact) mass is 480 g/mol. The molecule has 0 bridgehead atoms. The smallest absolute Gasteiger partial charge is 0.407 e. The van der Waals surface area contributed by atoms with Gasteiger partial charge in [-0.2, -0.15) is 0 Å². The molecule has 8 nitrogen and oxygen atoms in total. The van der Waals surface area contributed by atoms with Gasteiger partial charge in [0, 0.05) is 25.5 Å². The highest BCUT2D eigenvalue weighted by atomic mass is 16.5. The number of aliphatic carboxylic acids is 1. The number of rotatable bonds is 10. The van der Waals surface area contributed by atoms with E-state index < -0.39 is 18.1 Å². The maximum Gasteiger partial charge on any atom is 0.407 e. The summed E-state index contributed by atoms with van der Waals surface area (Å²) >= 11 is 0. The molecule has 2 aliphatic rings. The van der Waals surface area contributed by atoms with Gasteiger partial charge in [0.25, 0.3) is 0 Å². The molecule has 1 saturated heterocycles. The molecule has 186 valence electrons. The van der Waals surface area contributed by atoms with Crippen LogP contribution < -0.4 is 5.32 Å². The van der Waals surface area contributed by atoms with Crippen LogP contribution in [0, 0.1) is 0 Å². The molecule has 0 radical (unpaired) electrons. The Hall–Kier alpha value is -3.39. The largest absolute Gasteiger partial charge is 0.481 e. The molecule has 35 heavy (non-hydrogen) atoms. The van der Waals surface area contributed by atoms with E-state index in [1.165, 1.54) is 0 Å². The summed E-state index contributed by atoms with van der Waals surface area (Å²) in [6.45, 7) is 3.57. The van der Waals surface area contributed by atoms with Crippen LogP contribution in [0.25, 0.3) is 11.1 Å². The zero-order chi connectivity index (χ0) is 24.8. The first kappa shape index (κ1) is 24.7. The number of nitrogens with zero attached hydrogens (tertiary/aromatic N) is 1. The maximum atomic E-state index is 13.3. The Labute approximate surface area is 205 Å². The van der Waals surface area contributed by atoms with Crippen LogP contribution in [0.5, 0.6) is 0 Å². The van der Waals surface area contributed by atoms with Gasteiger partial charge >= 0.3 is 12.1 Å². The first-order chi connectivity index (χ1) is 17.0. The third-order valence-corrected chi connectivity index (χ3v) is 6.76. The van der Waals surface area contributed by atoms with E-state index in [2.05, 4.69) is 17.4 Å². The average molecular weight is 481 g/mol. The number of ether oxygens (including phenoxy) is 2. The predicted molar refractivity (Wildman–Crippen MR) is 130 cm³/mol. The summed E-state index contributed by atoms with van der Waals surface area (Å²) < 4.78 is 11.1. The van der Waals surface area contributed by atoms with E-state index in [1.54, 1.807) is 4.90 Å². The van der Waals surface area contributed by atoms with Crippen LogP contribution in [0.15, 0.2) is 48.5 Å². The van der Waals surface area contributed by atoms with Gasteiger partial charge in [0.05, 0.1) is 12.6 Å². The Morgan fingerprint density at radius 3 is 2.34 bits per heavy atom. The summed E-state index contributed by atoms with van der Waals surface area (Å²) in [6, 6.07) is 15.1. The maximum absolute atomic E-state index is 13.3. The number of nitrogens with one attached hydrogen (secondary N) is 1. The number of likely N-dealkylation sites (tertiary alicyclic amines) is 1. The second-order valence-corrected chi connectivity index (χ2v) is 8.94. The number of amides is 2. The van der Waals surface area contributed by atoms with Crippen molar-refractivity contribution in [2.75, 3.05) is 26.4 Å². The fraction of sp³-hybridized carbons (Fsp3) is 0.444. The number of carboxylic acid groups (broad SMARTS) is 1. The van der Waals surface area contributed by atoms with Crippen molar-refractivity contribution in [2.24, 2.45) is 0 Å². The number of benzene rings is 2. The minimum Gasteiger partial charge on any atom is -0.481 e. The Morgan fingerprint density at radius 2 is 1.71 bits per heavy atom. The molecule has 8 heteroatoms. The van der Waals surface area contributed by atoms with Gasteiger partial charge < -0.3 is 24.8 Å². The Kier molecular flexibility index (Phi) is 8.02. The predicted octanol–water partition coefficient (Wildman–Crippen LogP) is 3.79. The zero-order valence-electron chi connectivity index (χ0n) is 19.9. The highest BCUT2D eigenvalue weighted by Crippen LogP contribution is 2.44. The van der Waals surface area contributed by atoms with Crippen LogP contribution in [0.1, 0.15) is 49.7 Å². The molecule has 2 unspecified atom stereocenters. The molecule has 2 aromatic rings. The second kappa shape index (κ2) is 11.4. The lowest BCUT2D eigenvalue weighted by atomic mass is 9.98. The fourth-order valence-corrected chi connectivity index (χ4v) is 5.06. The van der Waals surface area contributed by atoms with E-state index in [0.717, 1.165) is 35.1 Å². The third-order valence-electron chi connectivity index (χ3n) is 6.76. The van der Waals surface area contributed by atoms with Gasteiger partial charge in [0.2, 0.25) is 5.91 Å². The van der Waals surface area contributed by atoms with E-state index in [0.29, 0.717) is 19.8 Å². The van der Waals surface area contributed by atoms with Crippen molar-refractivity contribution in [3.8, 4) is 11.1 Å². The van der Waals surface area contributed by atoms with Gasteiger partial charge in [-0.05, 0) is 48.4 Å². The standard InChI is InChI=1S/C27H32N2O6/c1-2-34-16-18-8-7-15-29(18)26(32)24(13-14-25(30)31)28-27(33)35-17-23-21-11-5-3-9-19(21)20-10-4-6-12-22(20)23/h3-6,9-12,18,23-24H,2,7-8,13-17H2,1H3,(H,28,33)(H,30,31). The van der Waals surface area contributed by atoms with Gasteiger partial charge in [0.1, 0.15) is 12.6 Å². The summed E-state index contributed by atoms with van der Waals surface area (Å²) in [7, 11) is 0. The third kappa shape index (κ3) is 5.65. The minimum absolute atomic E-state index is 0.00375. The minimum atomic E-state index is -1.02. The number of fused-ring (bicyclic) bond motifs is 3. The van der Waals surface area contributed by atoms with Crippen molar-refractivity contribution in [2.45, 2.75) is 50.6 Å². The highest BCUT2D eigenvalue weighted by Gasteiger charge is 2.35. The zero-order valence-corrected chi connectivity index (χ0v) is 19.9. The van der Waals surface area contributed by atoms with Crippen LogP contribution >= 0.6 is 0 Å². The van der Waals surface area contributed by atoms with Crippen LogP contribution in [-0.2, 0) is 19.1 Å². The molecule has 1 aliphatic carbocycles. The molecule has 4 rings (SSSR count). The molecule has 1 heterocycles. The fourth-order valence-electron chi connectivity index (χ4n) is 5.06. The van der Waals surface area contributed by atoms with E-state index in [1.807, 2.05) is 43.3 Å². The van der Waals surface area contributed by atoms with Gasteiger partial charge in [-0.3, -0.25) is 9.59 Å². The number of carbonyl (C=O) groups excluding carboxylic acids is 2.